The van der Waals surface area contributed by atoms with E-state index < -0.39 is 0 Å². The summed E-state index contributed by atoms with van der Waals surface area (Å²) in [6, 6.07) is 0. The lowest BCUT2D eigenvalue weighted by Gasteiger charge is -2.52. The van der Waals surface area contributed by atoms with Crippen LogP contribution in [0.3, 0.4) is 0 Å². The van der Waals surface area contributed by atoms with Crippen LogP contribution in [0.2, 0.25) is 0 Å². The average Bonchev–Trinajstić information content (AvgIpc) is 2.45. The molecule has 0 aliphatic carbocycles. The first-order chi connectivity index (χ1) is 6.48. The molecule has 0 bridgehead atoms. The molecule has 2 fully saturated rings. The van der Waals surface area contributed by atoms with Crippen LogP contribution < -0.4 is 0 Å². The van der Waals surface area contributed by atoms with E-state index in [1.54, 1.807) is 0 Å². The zero-order valence-corrected chi connectivity index (χ0v) is 9.90. The molecule has 2 heterocycles. The predicted octanol–water partition coefficient (Wildman–Crippen LogP) is 3.22. The van der Waals surface area contributed by atoms with Crippen LogP contribution >= 0.6 is 0 Å². The summed E-state index contributed by atoms with van der Waals surface area (Å²) >= 11 is 0. The lowest BCUT2D eigenvalue weighted by atomic mass is 9.66. The zero-order chi connectivity index (χ0) is 10.4. The number of hydrogen-bond acceptors (Lipinski definition) is 1. The molecule has 0 aromatic rings. The minimum absolute atomic E-state index is 0.325. The molecule has 1 nitrogen and oxygen atoms in total. The summed E-state index contributed by atoms with van der Waals surface area (Å²) < 4.78 is 0. The summed E-state index contributed by atoms with van der Waals surface area (Å²) in [6.07, 6.45) is 5.31. The first-order valence-corrected chi connectivity index (χ1v) is 5.92. The molecule has 0 amide bonds. The predicted molar refractivity (Wildman–Crippen MR) is 61.4 cm³/mol. The standard InChI is InChI=1S/C13H23N/c1-11-7-10-14-9-6-5-8-13(11,14)12(2,3)4/h1,5-10H2,2-4H3. The minimum Gasteiger partial charge on any atom is -0.293 e. The Bertz CT molecular complexity index is 248. The van der Waals surface area contributed by atoms with Crippen LogP contribution in [-0.2, 0) is 0 Å². The maximum absolute atomic E-state index is 4.34. The highest BCUT2D eigenvalue weighted by Crippen LogP contribution is 2.51. The quantitative estimate of drug-likeness (QED) is 0.534. The summed E-state index contributed by atoms with van der Waals surface area (Å²) in [5.74, 6) is 0. The van der Waals surface area contributed by atoms with Gasteiger partial charge in [0.1, 0.15) is 0 Å². The molecule has 0 N–H and O–H groups in total. The van der Waals surface area contributed by atoms with Crippen molar-refractivity contribution >= 4 is 0 Å². The lowest BCUT2D eigenvalue weighted by molar-refractivity contribution is 0.0196. The van der Waals surface area contributed by atoms with Crippen LogP contribution in [0.25, 0.3) is 0 Å². The van der Waals surface area contributed by atoms with Crippen molar-refractivity contribution in [3.05, 3.63) is 12.2 Å². The summed E-state index contributed by atoms with van der Waals surface area (Å²) in [7, 11) is 0. The van der Waals surface area contributed by atoms with E-state index in [1.165, 1.54) is 44.3 Å². The van der Waals surface area contributed by atoms with Gasteiger partial charge >= 0.3 is 0 Å². The largest absolute Gasteiger partial charge is 0.293 e. The van der Waals surface area contributed by atoms with Crippen LogP contribution in [0.4, 0.5) is 0 Å². The topological polar surface area (TPSA) is 3.24 Å². The van der Waals surface area contributed by atoms with Gasteiger partial charge in [0.05, 0.1) is 0 Å². The molecule has 80 valence electrons. The van der Waals surface area contributed by atoms with Crippen molar-refractivity contribution in [1.29, 1.82) is 0 Å². The van der Waals surface area contributed by atoms with E-state index in [1.807, 2.05) is 0 Å². The van der Waals surface area contributed by atoms with Crippen LogP contribution in [0.1, 0.15) is 46.5 Å². The number of piperidine rings is 1. The minimum atomic E-state index is 0.325. The van der Waals surface area contributed by atoms with E-state index in [2.05, 4.69) is 32.3 Å². The number of rotatable bonds is 0. The van der Waals surface area contributed by atoms with Gasteiger partial charge in [-0.2, -0.15) is 0 Å². The number of fused-ring (bicyclic) bond motifs is 1. The molecular weight excluding hydrogens is 170 g/mol. The Labute approximate surface area is 88.2 Å². The van der Waals surface area contributed by atoms with Crippen molar-refractivity contribution < 1.29 is 0 Å². The van der Waals surface area contributed by atoms with E-state index >= 15 is 0 Å². The molecule has 0 aromatic carbocycles. The average molecular weight is 193 g/mol. The molecule has 1 atom stereocenters. The van der Waals surface area contributed by atoms with Crippen molar-refractivity contribution in [2.45, 2.75) is 52.0 Å². The summed E-state index contributed by atoms with van der Waals surface area (Å²) in [4.78, 5) is 2.69. The van der Waals surface area contributed by atoms with E-state index in [9.17, 15) is 0 Å². The highest BCUT2D eigenvalue weighted by molar-refractivity contribution is 5.27. The van der Waals surface area contributed by atoms with Gasteiger partial charge in [0.15, 0.2) is 0 Å². The first kappa shape index (κ1) is 10.2. The third kappa shape index (κ3) is 1.18. The fourth-order valence-corrected chi connectivity index (χ4v) is 3.59. The third-order valence-corrected chi connectivity index (χ3v) is 4.27. The SMILES string of the molecule is C=C1CCN2CCCCC12C(C)(C)C. The van der Waals surface area contributed by atoms with Gasteiger partial charge in [-0.15, -0.1) is 0 Å². The monoisotopic (exact) mass is 193 g/mol. The van der Waals surface area contributed by atoms with Crippen molar-refractivity contribution in [3.63, 3.8) is 0 Å². The van der Waals surface area contributed by atoms with E-state index in [-0.39, 0.29) is 0 Å². The summed E-state index contributed by atoms with van der Waals surface area (Å²) in [6.45, 7) is 14.0. The molecule has 2 saturated heterocycles. The molecule has 0 aromatic heterocycles. The van der Waals surface area contributed by atoms with Gasteiger partial charge in [0, 0.05) is 12.1 Å². The highest BCUT2D eigenvalue weighted by atomic mass is 15.2. The van der Waals surface area contributed by atoms with Gasteiger partial charge in [-0.3, -0.25) is 4.90 Å². The number of hydrogen-bond donors (Lipinski definition) is 0. The molecule has 2 aliphatic heterocycles. The van der Waals surface area contributed by atoms with E-state index in [4.69, 9.17) is 0 Å². The molecule has 0 spiro atoms. The summed E-state index contributed by atoms with van der Waals surface area (Å²) in [5, 5.41) is 0. The van der Waals surface area contributed by atoms with Gasteiger partial charge in [-0.05, 0) is 37.6 Å². The Morgan fingerprint density at radius 3 is 2.50 bits per heavy atom. The molecule has 1 unspecified atom stereocenters. The molecule has 2 aliphatic rings. The molecule has 0 radical (unpaired) electrons. The Balaban J connectivity index is 2.39. The van der Waals surface area contributed by atoms with Gasteiger partial charge in [0.2, 0.25) is 0 Å². The van der Waals surface area contributed by atoms with Gasteiger partial charge in [-0.1, -0.05) is 32.9 Å². The van der Waals surface area contributed by atoms with E-state index in [0.717, 1.165) is 0 Å². The fraction of sp³-hybridized carbons (Fsp3) is 0.846. The van der Waals surface area contributed by atoms with Crippen molar-refractivity contribution in [2.24, 2.45) is 5.41 Å². The Morgan fingerprint density at radius 2 is 1.93 bits per heavy atom. The summed E-state index contributed by atoms with van der Waals surface area (Å²) in [5.41, 5.74) is 2.16. The van der Waals surface area contributed by atoms with E-state index in [0.29, 0.717) is 11.0 Å². The maximum Gasteiger partial charge on any atom is 0.0466 e. The maximum atomic E-state index is 4.34. The lowest BCUT2D eigenvalue weighted by Crippen LogP contribution is -2.56. The number of nitrogens with zero attached hydrogens (tertiary/aromatic N) is 1. The Hall–Kier alpha value is -0.300. The van der Waals surface area contributed by atoms with Crippen LogP contribution in [0.15, 0.2) is 12.2 Å². The van der Waals surface area contributed by atoms with Crippen LogP contribution in [-0.4, -0.2) is 23.5 Å². The van der Waals surface area contributed by atoms with Crippen molar-refractivity contribution in [2.75, 3.05) is 13.1 Å². The van der Waals surface area contributed by atoms with Gasteiger partial charge in [0.25, 0.3) is 0 Å². The smallest absolute Gasteiger partial charge is 0.0466 e. The van der Waals surface area contributed by atoms with Crippen LogP contribution in [0, 0.1) is 5.41 Å². The van der Waals surface area contributed by atoms with Gasteiger partial charge in [-0.25, -0.2) is 0 Å². The molecular formula is C13H23N. The molecule has 14 heavy (non-hydrogen) atoms. The normalized spacial score (nSPS) is 34.6. The van der Waals surface area contributed by atoms with Gasteiger partial charge < -0.3 is 0 Å². The molecule has 1 heteroatoms. The third-order valence-electron chi connectivity index (χ3n) is 4.27. The van der Waals surface area contributed by atoms with Crippen molar-refractivity contribution in [1.82, 2.24) is 4.90 Å². The Morgan fingerprint density at radius 1 is 1.21 bits per heavy atom. The second-order valence-electron chi connectivity index (χ2n) is 5.91. The fourth-order valence-electron chi connectivity index (χ4n) is 3.59. The van der Waals surface area contributed by atoms with Crippen LogP contribution in [0.5, 0.6) is 0 Å². The highest BCUT2D eigenvalue weighted by Gasteiger charge is 2.52. The van der Waals surface area contributed by atoms with Crippen molar-refractivity contribution in [3.8, 4) is 0 Å². The zero-order valence-electron chi connectivity index (χ0n) is 9.90. The second-order valence-corrected chi connectivity index (χ2v) is 5.91. The second kappa shape index (κ2) is 3.10. The molecule has 2 rings (SSSR count). The Kier molecular flexibility index (Phi) is 2.26. The molecule has 0 saturated carbocycles. The first-order valence-electron chi connectivity index (χ1n) is 5.92.